The molecule has 2 aromatic heterocycles. The van der Waals surface area contributed by atoms with E-state index >= 15 is 0 Å². The van der Waals surface area contributed by atoms with Gasteiger partial charge in [-0.05, 0) is 0 Å². The summed E-state index contributed by atoms with van der Waals surface area (Å²) in [4.78, 5) is 18.5. The Morgan fingerprint density at radius 2 is 2.28 bits per heavy atom. The maximum Gasteiger partial charge on any atom is 0.252 e. The van der Waals surface area contributed by atoms with Crippen molar-refractivity contribution < 1.29 is 0 Å². The van der Waals surface area contributed by atoms with Crippen molar-refractivity contribution in [2.45, 2.75) is 26.3 Å². The summed E-state index contributed by atoms with van der Waals surface area (Å²) in [6.45, 7) is 4.43. The standard InChI is InChI=1S/C11H16N6O/c1-7(2)11-14-8(4-10(18)15-11)12-5-9-16-13-6-17(9)3/h4,6-7H,5H2,1-3H3,(H2,12,14,15,18). The summed E-state index contributed by atoms with van der Waals surface area (Å²) in [6.07, 6.45) is 1.63. The molecule has 0 atom stereocenters. The van der Waals surface area contributed by atoms with Crippen LogP contribution in [0.3, 0.4) is 0 Å². The minimum atomic E-state index is -0.158. The van der Waals surface area contributed by atoms with E-state index in [1.807, 2.05) is 25.5 Å². The number of nitrogens with one attached hydrogen (secondary N) is 2. The maximum absolute atomic E-state index is 11.5. The second-order valence-electron chi connectivity index (χ2n) is 4.38. The van der Waals surface area contributed by atoms with Gasteiger partial charge in [-0.15, -0.1) is 10.2 Å². The second-order valence-corrected chi connectivity index (χ2v) is 4.38. The summed E-state index contributed by atoms with van der Waals surface area (Å²) in [5.74, 6) is 2.17. The number of anilines is 1. The van der Waals surface area contributed by atoms with Gasteiger partial charge in [0.1, 0.15) is 18.0 Å². The van der Waals surface area contributed by atoms with Crippen molar-refractivity contribution in [3.8, 4) is 0 Å². The van der Waals surface area contributed by atoms with Gasteiger partial charge in [-0.1, -0.05) is 13.8 Å². The molecule has 0 aromatic carbocycles. The van der Waals surface area contributed by atoms with Crippen LogP contribution in [0, 0.1) is 0 Å². The zero-order chi connectivity index (χ0) is 13.1. The Morgan fingerprint density at radius 1 is 1.50 bits per heavy atom. The van der Waals surface area contributed by atoms with Gasteiger partial charge in [0, 0.05) is 19.0 Å². The molecule has 0 aliphatic heterocycles. The summed E-state index contributed by atoms with van der Waals surface area (Å²) in [5, 5.41) is 10.8. The first kappa shape index (κ1) is 12.3. The molecule has 0 saturated heterocycles. The van der Waals surface area contributed by atoms with Crippen LogP contribution in [0.2, 0.25) is 0 Å². The molecule has 2 aromatic rings. The van der Waals surface area contributed by atoms with Crippen LogP contribution in [0.1, 0.15) is 31.4 Å². The highest BCUT2D eigenvalue weighted by molar-refractivity contribution is 5.33. The van der Waals surface area contributed by atoms with Crippen LogP contribution in [-0.2, 0) is 13.6 Å². The topological polar surface area (TPSA) is 88.5 Å². The first-order valence-corrected chi connectivity index (χ1v) is 5.74. The monoisotopic (exact) mass is 248 g/mol. The minimum Gasteiger partial charge on any atom is -0.363 e. The second kappa shape index (κ2) is 4.99. The highest BCUT2D eigenvalue weighted by Gasteiger charge is 2.06. The van der Waals surface area contributed by atoms with Crippen LogP contribution < -0.4 is 10.9 Å². The number of hydrogen-bond donors (Lipinski definition) is 2. The lowest BCUT2D eigenvalue weighted by atomic mass is 10.2. The Hall–Kier alpha value is -2.18. The van der Waals surface area contributed by atoms with Crippen molar-refractivity contribution in [3.63, 3.8) is 0 Å². The Balaban J connectivity index is 2.14. The smallest absolute Gasteiger partial charge is 0.252 e. The van der Waals surface area contributed by atoms with Crippen molar-refractivity contribution in [1.82, 2.24) is 24.7 Å². The molecule has 7 nitrogen and oxygen atoms in total. The van der Waals surface area contributed by atoms with E-state index in [1.165, 1.54) is 6.07 Å². The molecule has 0 bridgehead atoms. The number of aryl methyl sites for hydroxylation is 1. The predicted molar refractivity (Wildman–Crippen MR) is 67.3 cm³/mol. The van der Waals surface area contributed by atoms with Crippen molar-refractivity contribution in [2.75, 3.05) is 5.32 Å². The molecule has 18 heavy (non-hydrogen) atoms. The van der Waals surface area contributed by atoms with E-state index in [4.69, 9.17) is 0 Å². The third-order valence-electron chi connectivity index (χ3n) is 2.54. The predicted octanol–water partition coefficient (Wildman–Crippen LogP) is 0.634. The number of rotatable bonds is 4. The van der Waals surface area contributed by atoms with E-state index in [0.717, 1.165) is 5.82 Å². The van der Waals surface area contributed by atoms with Crippen molar-refractivity contribution >= 4 is 5.82 Å². The number of nitrogens with zero attached hydrogens (tertiary/aromatic N) is 4. The van der Waals surface area contributed by atoms with Gasteiger partial charge >= 0.3 is 0 Å². The molecular formula is C11H16N6O. The number of aromatic nitrogens is 5. The van der Waals surface area contributed by atoms with Crippen LogP contribution in [0.25, 0.3) is 0 Å². The Labute approximate surface area is 104 Å². The molecule has 2 rings (SSSR count). The zero-order valence-corrected chi connectivity index (χ0v) is 10.6. The van der Waals surface area contributed by atoms with E-state index < -0.39 is 0 Å². The van der Waals surface area contributed by atoms with Crippen molar-refractivity contribution in [2.24, 2.45) is 7.05 Å². The average Bonchev–Trinajstić information content (AvgIpc) is 2.71. The molecule has 0 saturated carbocycles. The van der Waals surface area contributed by atoms with Gasteiger partial charge in [-0.2, -0.15) is 0 Å². The van der Waals surface area contributed by atoms with Gasteiger partial charge < -0.3 is 14.9 Å². The zero-order valence-electron chi connectivity index (χ0n) is 10.6. The Kier molecular flexibility index (Phi) is 3.40. The number of hydrogen-bond acceptors (Lipinski definition) is 5. The lowest BCUT2D eigenvalue weighted by molar-refractivity contribution is 0.762. The molecule has 0 amide bonds. The van der Waals surface area contributed by atoms with Gasteiger partial charge in [0.15, 0.2) is 5.82 Å². The number of aromatic amines is 1. The van der Waals surface area contributed by atoms with Gasteiger partial charge in [-0.3, -0.25) is 4.79 Å². The third-order valence-corrected chi connectivity index (χ3v) is 2.54. The molecule has 2 N–H and O–H groups in total. The molecule has 0 spiro atoms. The molecule has 2 heterocycles. The third kappa shape index (κ3) is 2.73. The fourth-order valence-electron chi connectivity index (χ4n) is 1.48. The van der Waals surface area contributed by atoms with Crippen LogP contribution in [0.5, 0.6) is 0 Å². The first-order chi connectivity index (χ1) is 8.56. The molecule has 0 radical (unpaired) electrons. The molecule has 0 aliphatic rings. The van der Waals surface area contributed by atoms with E-state index in [9.17, 15) is 4.79 Å². The van der Waals surface area contributed by atoms with E-state index in [0.29, 0.717) is 18.2 Å². The molecule has 7 heteroatoms. The average molecular weight is 248 g/mol. The fraction of sp³-hybridized carbons (Fsp3) is 0.455. The Bertz CT molecular complexity index is 585. The highest BCUT2D eigenvalue weighted by atomic mass is 16.1. The summed E-state index contributed by atoms with van der Waals surface area (Å²) >= 11 is 0. The lowest BCUT2D eigenvalue weighted by Gasteiger charge is -2.08. The summed E-state index contributed by atoms with van der Waals surface area (Å²) in [5.41, 5.74) is -0.158. The molecule has 0 fully saturated rings. The van der Waals surface area contributed by atoms with Gasteiger partial charge in [-0.25, -0.2) is 4.98 Å². The van der Waals surface area contributed by atoms with E-state index in [1.54, 1.807) is 6.33 Å². The molecule has 0 unspecified atom stereocenters. The molecular weight excluding hydrogens is 232 g/mol. The number of H-pyrrole nitrogens is 1. The SMILES string of the molecule is CC(C)c1nc(NCc2nncn2C)cc(=O)[nH]1. The van der Waals surface area contributed by atoms with Gasteiger partial charge in [0.05, 0.1) is 6.54 Å². The van der Waals surface area contributed by atoms with Crippen LogP contribution in [0.15, 0.2) is 17.2 Å². The maximum atomic E-state index is 11.5. The van der Waals surface area contributed by atoms with Crippen LogP contribution in [0.4, 0.5) is 5.82 Å². The molecule has 0 aliphatic carbocycles. The fourth-order valence-corrected chi connectivity index (χ4v) is 1.48. The van der Waals surface area contributed by atoms with Gasteiger partial charge in [0.25, 0.3) is 5.56 Å². The highest BCUT2D eigenvalue weighted by Crippen LogP contribution is 2.09. The van der Waals surface area contributed by atoms with E-state index in [-0.39, 0.29) is 11.5 Å². The lowest BCUT2D eigenvalue weighted by Crippen LogP contribution is -2.15. The molecule has 96 valence electrons. The van der Waals surface area contributed by atoms with Gasteiger partial charge in [0.2, 0.25) is 0 Å². The van der Waals surface area contributed by atoms with Crippen molar-refractivity contribution in [1.29, 1.82) is 0 Å². The summed E-state index contributed by atoms with van der Waals surface area (Å²) in [7, 11) is 1.86. The largest absolute Gasteiger partial charge is 0.363 e. The van der Waals surface area contributed by atoms with Crippen LogP contribution >= 0.6 is 0 Å². The first-order valence-electron chi connectivity index (χ1n) is 5.74. The van der Waals surface area contributed by atoms with E-state index in [2.05, 4.69) is 25.5 Å². The normalized spacial score (nSPS) is 10.9. The summed E-state index contributed by atoms with van der Waals surface area (Å²) in [6, 6.07) is 1.43. The van der Waals surface area contributed by atoms with Crippen LogP contribution in [-0.4, -0.2) is 24.7 Å². The van der Waals surface area contributed by atoms with Crippen molar-refractivity contribution in [3.05, 3.63) is 34.4 Å². The minimum absolute atomic E-state index is 0.158. The quantitative estimate of drug-likeness (QED) is 0.828. The summed E-state index contributed by atoms with van der Waals surface area (Å²) < 4.78 is 1.81. The Morgan fingerprint density at radius 3 is 2.89 bits per heavy atom.